The topological polar surface area (TPSA) is 65.5 Å². The van der Waals surface area contributed by atoms with Crippen LogP contribution in [-0.2, 0) is 11.3 Å². The lowest BCUT2D eigenvalue weighted by molar-refractivity contribution is -0.121. The van der Waals surface area contributed by atoms with Gasteiger partial charge in [-0.2, -0.15) is 5.06 Å². The van der Waals surface area contributed by atoms with E-state index in [1.165, 1.54) is 6.92 Å². The van der Waals surface area contributed by atoms with Crippen molar-refractivity contribution in [1.29, 1.82) is 0 Å². The number of rotatable bonds is 5. The van der Waals surface area contributed by atoms with E-state index in [4.69, 9.17) is 0 Å². The predicted octanol–water partition coefficient (Wildman–Crippen LogP) is 4.41. The van der Waals surface area contributed by atoms with Crippen molar-refractivity contribution in [2.75, 3.05) is 10.4 Å². The van der Waals surface area contributed by atoms with E-state index in [0.717, 1.165) is 22.4 Å². The number of aromatic nitrogens is 1. The summed E-state index contributed by atoms with van der Waals surface area (Å²) in [5.41, 5.74) is 4.46. The number of nitrogens with one attached hydrogen (secondary N) is 1. The number of anilines is 2. The average Bonchev–Trinajstić information content (AvgIpc) is 2.67. The van der Waals surface area contributed by atoms with Gasteiger partial charge in [-0.15, -0.1) is 0 Å². The minimum absolute atomic E-state index is 0.236. The number of carbonyl (C=O) groups excluding carboxylic acids is 1. The van der Waals surface area contributed by atoms with Crippen LogP contribution in [0.4, 0.5) is 11.5 Å². The SMILES string of the molecule is CC(=O)N(O)c1nc(-c2ccccc2)ccc1CNc1ccccc1C. The number of hydrogen-bond acceptors (Lipinski definition) is 4. The average molecular weight is 347 g/mol. The zero-order valence-corrected chi connectivity index (χ0v) is 14.8. The Hall–Kier alpha value is -3.18. The molecule has 3 aromatic rings. The molecule has 0 aliphatic carbocycles. The van der Waals surface area contributed by atoms with Crippen LogP contribution in [0, 0.1) is 6.92 Å². The first-order valence-corrected chi connectivity index (χ1v) is 8.40. The van der Waals surface area contributed by atoms with Crippen molar-refractivity contribution in [3.63, 3.8) is 0 Å². The largest absolute Gasteiger partial charge is 0.381 e. The van der Waals surface area contributed by atoms with Crippen LogP contribution in [0.25, 0.3) is 11.3 Å². The summed E-state index contributed by atoms with van der Waals surface area (Å²) in [6.07, 6.45) is 0. The molecule has 0 aliphatic heterocycles. The molecule has 0 aliphatic rings. The number of pyridine rings is 1. The van der Waals surface area contributed by atoms with E-state index in [2.05, 4.69) is 10.3 Å². The van der Waals surface area contributed by atoms with Gasteiger partial charge in [0, 0.05) is 30.3 Å². The zero-order valence-electron chi connectivity index (χ0n) is 14.8. The molecule has 26 heavy (non-hydrogen) atoms. The number of carbonyl (C=O) groups is 1. The summed E-state index contributed by atoms with van der Waals surface area (Å²) in [4.78, 5) is 16.2. The molecule has 132 valence electrons. The fraction of sp³-hybridized carbons (Fsp3) is 0.143. The molecule has 2 N–H and O–H groups in total. The van der Waals surface area contributed by atoms with Gasteiger partial charge in [0.25, 0.3) is 0 Å². The highest BCUT2D eigenvalue weighted by atomic mass is 16.5. The first kappa shape index (κ1) is 17.6. The number of benzene rings is 2. The van der Waals surface area contributed by atoms with E-state index >= 15 is 0 Å². The van der Waals surface area contributed by atoms with Gasteiger partial charge in [-0.25, -0.2) is 4.98 Å². The minimum Gasteiger partial charge on any atom is -0.381 e. The van der Waals surface area contributed by atoms with Crippen molar-refractivity contribution in [3.8, 4) is 11.3 Å². The summed E-state index contributed by atoms with van der Waals surface area (Å²) >= 11 is 0. The molecule has 3 rings (SSSR count). The molecule has 1 aromatic heterocycles. The molecule has 2 aromatic carbocycles. The highest BCUT2D eigenvalue weighted by molar-refractivity contribution is 5.89. The standard InChI is InChI=1S/C21H21N3O2/c1-15-8-6-7-11-19(15)22-14-18-12-13-20(17-9-4-3-5-10-17)23-21(18)24(26)16(2)25/h3-13,22,26H,14H2,1-2H3. The number of aryl methyl sites for hydroxylation is 1. The van der Waals surface area contributed by atoms with Crippen molar-refractivity contribution >= 4 is 17.4 Å². The van der Waals surface area contributed by atoms with Gasteiger partial charge in [0.2, 0.25) is 5.91 Å². The number of amides is 1. The predicted molar refractivity (Wildman–Crippen MR) is 103 cm³/mol. The van der Waals surface area contributed by atoms with E-state index in [1.807, 2.05) is 73.7 Å². The van der Waals surface area contributed by atoms with Gasteiger partial charge in [-0.3, -0.25) is 10.0 Å². The summed E-state index contributed by atoms with van der Waals surface area (Å²) in [5, 5.41) is 14.1. The van der Waals surface area contributed by atoms with Gasteiger partial charge < -0.3 is 5.32 Å². The van der Waals surface area contributed by atoms with Crippen LogP contribution >= 0.6 is 0 Å². The lowest BCUT2D eigenvalue weighted by Gasteiger charge is -2.18. The molecule has 5 nitrogen and oxygen atoms in total. The molecule has 0 saturated carbocycles. The zero-order chi connectivity index (χ0) is 18.5. The minimum atomic E-state index is -0.486. The van der Waals surface area contributed by atoms with Gasteiger partial charge >= 0.3 is 0 Å². The summed E-state index contributed by atoms with van der Waals surface area (Å²) < 4.78 is 0. The van der Waals surface area contributed by atoms with Crippen LogP contribution in [0.1, 0.15) is 18.1 Å². The van der Waals surface area contributed by atoms with Crippen LogP contribution in [0.15, 0.2) is 66.7 Å². The fourth-order valence-electron chi connectivity index (χ4n) is 2.68. The molecule has 0 saturated heterocycles. The second-order valence-corrected chi connectivity index (χ2v) is 6.04. The maximum absolute atomic E-state index is 11.7. The number of hydroxylamine groups is 1. The van der Waals surface area contributed by atoms with Crippen LogP contribution in [0.3, 0.4) is 0 Å². The lowest BCUT2D eigenvalue weighted by Crippen LogP contribution is -2.26. The Morgan fingerprint density at radius 3 is 2.42 bits per heavy atom. The highest BCUT2D eigenvalue weighted by Crippen LogP contribution is 2.25. The molecule has 0 unspecified atom stereocenters. The number of para-hydroxylation sites is 1. The Kier molecular flexibility index (Phi) is 5.29. The molecule has 0 spiro atoms. The molecule has 5 heteroatoms. The van der Waals surface area contributed by atoms with Crippen LogP contribution in [0.5, 0.6) is 0 Å². The molecule has 0 bridgehead atoms. The van der Waals surface area contributed by atoms with Crippen molar-refractivity contribution in [3.05, 3.63) is 77.9 Å². The van der Waals surface area contributed by atoms with Crippen molar-refractivity contribution in [2.24, 2.45) is 0 Å². The molecule has 0 atom stereocenters. The molecule has 0 fully saturated rings. The van der Waals surface area contributed by atoms with E-state index < -0.39 is 5.91 Å². The normalized spacial score (nSPS) is 10.4. The first-order chi connectivity index (χ1) is 12.6. The maximum atomic E-state index is 11.7. The molecule has 1 amide bonds. The summed E-state index contributed by atoms with van der Waals surface area (Å²) in [5.74, 6) is -0.250. The molecular weight excluding hydrogens is 326 g/mol. The van der Waals surface area contributed by atoms with E-state index in [9.17, 15) is 10.0 Å². The third kappa shape index (κ3) is 3.90. The Morgan fingerprint density at radius 1 is 1.04 bits per heavy atom. The van der Waals surface area contributed by atoms with Crippen molar-refractivity contribution < 1.29 is 10.0 Å². The summed E-state index contributed by atoms with van der Waals surface area (Å²) in [6.45, 7) is 3.76. The maximum Gasteiger partial charge on any atom is 0.249 e. The number of nitrogens with zero attached hydrogens (tertiary/aromatic N) is 2. The third-order valence-corrected chi connectivity index (χ3v) is 4.14. The number of hydrogen-bond donors (Lipinski definition) is 2. The van der Waals surface area contributed by atoms with Gasteiger partial charge in [0.15, 0.2) is 5.82 Å². The smallest absolute Gasteiger partial charge is 0.249 e. The lowest BCUT2D eigenvalue weighted by atomic mass is 10.1. The Bertz CT molecular complexity index is 910. The Balaban J connectivity index is 1.93. The van der Waals surface area contributed by atoms with Gasteiger partial charge in [0.1, 0.15) is 0 Å². The monoisotopic (exact) mass is 347 g/mol. The van der Waals surface area contributed by atoms with Crippen LogP contribution in [-0.4, -0.2) is 16.1 Å². The van der Waals surface area contributed by atoms with E-state index in [1.54, 1.807) is 0 Å². The molecular formula is C21H21N3O2. The molecule has 1 heterocycles. The fourth-order valence-corrected chi connectivity index (χ4v) is 2.68. The van der Waals surface area contributed by atoms with Crippen molar-refractivity contribution in [1.82, 2.24) is 4.98 Å². The summed E-state index contributed by atoms with van der Waals surface area (Å²) in [7, 11) is 0. The van der Waals surface area contributed by atoms with Gasteiger partial charge in [-0.05, 0) is 24.6 Å². The second-order valence-electron chi connectivity index (χ2n) is 6.04. The van der Waals surface area contributed by atoms with E-state index in [0.29, 0.717) is 17.3 Å². The Morgan fingerprint density at radius 2 is 1.73 bits per heavy atom. The second kappa shape index (κ2) is 7.80. The van der Waals surface area contributed by atoms with Crippen LogP contribution < -0.4 is 10.4 Å². The van der Waals surface area contributed by atoms with Gasteiger partial charge in [-0.1, -0.05) is 54.6 Å². The molecule has 0 radical (unpaired) electrons. The van der Waals surface area contributed by atoms with Crippen LogP contribution in [0.2, 0.25) is 0 Å². The highest BCUT2D eigenvalue weighted by Gasteiger charge is 2.16. The van der Waals surface area contributed by atoms with Crippen molar-refractivity contribution in [2.45, 2.75) is 20.4 Å². The third-order valence-electron chi connectivity index (χ3n) is 4.14. The first-order valence-electron chi connectivity index (χ1n) is 8.40. The quantitative estimate of drug-likeness (QED) is 0.530. The van der Waals surface area contributed by atoms with E-state index in [-0.39, 0.29) is 5.82 Å². The van der Waals surface area contributed by atoms with Gasteiger partial charge in [0.05, 0.1) is 5.69 Å². The summed E-state index contributed by atoms with van der Waals surface area (Å²) in [6, 6.07) is 21.4. The Labute approximate surface area is 152 Å².